The Morgan fingerprint density at radius 2 is 1.93 bits per heavy atom. The van der Waals surface area contributed by atoms with Crippen molar-refractivity contribution in [3.8, 4) is 11.4 Å². The molecule has 2 unspecified atom stereocenters. The number of benzene rings is 2. The summed E-state index contributed by atoms with van der Waals surface area (Å²) in [6.45, 7) is 0.460. The van der Waals surface area contributed by atoms with E-state index < -0.39 is 11.7 Å². The van der Waals surface area contributed by atoms with Crippen LogP contribution in [0.1, 0.15) is 47.4 Å². The third kappa shape index (κ3) is 3.26. The molecular weight excluding hydrogens is 395 g/mol. The fourth-order valence-electron chi connectivity index (χ4n) is 4.41. The molecule has 1 amide bonds. The molecule has 5 rings (SSSR count). The minimum atomic E-state index is -4.45. The highest BCUT2D eigenvalue weighted by Gasteiger charge is 2.40. The van der Waals surface area contributed by atoms with Crippen molar-refractivity contribution in [3.63, 3.8) is 0 Å². The number of hydrogen-bond donors (Lipinski definition) is 0. The number of halogens is 3. The predicted octanol–water partition coefficient (Wildman–Crippen LogP) is 4.76. The first-order chi connectivity index (χ1) is 14.4. The summed E-state index contributed by atoms with van der Waals surface area (Å²) in [7, 11) is 0. The summed E-state index contributed by atoms with van der Waals surface area (Å²) in [5, 5.41) is 3.85. The van der Waals surface area contributed by atoms with Crippen LogP contribution < -0.4 is 0 Å². The zero-order valence-corrected chi connectivity index (χ0v) is 15.9. The van der Waals surface area contributed by atoms with Gasteiger partial charge in [0.05, 0.1) is 17.5 Å². The lowest BCUT2D eigenvalue weighted by atomic mass is 10.1. The molecule has 2 atom stereocenters. The third-order valence-electron chi connectivity index (χ3n) is 5.87. The summed E-state index contributed by atoms with van der Waals surface area (Å²) in [6.07, 6.45) is -2.37. The van der Waals surface area contributed by atoms with Gasteiger partial charge in [-0.15, -0.1) is 0 Å². The van der Waals surface area contributed by atoms with Crippen molar-refractivity contribution >= 4 is 5.91 Å². The Balaban J connectivity index is 1.36. The lowest BCUT2D eigenvalue weighted by Crippen LogP contribution is -2.28. The van der Waals surface area contributed by atoms with Crippen molar-refractivity contribution in [2.75, 3.05) is 6.54 Å². The predicted molar refractivity (Wildman–Crippen MR) is 101 cm³/mol. The lowest BCUT2D eigenvalue weighted by molar-refractivity contribution is -0.137. The van der Waals surface area contributed by atoms with Crippen LogP contribution in [0.25, 0.3) is 11.4 Å². The van der Waals surface area contributed by atoms with Gasteiger partial charge in [0.2, 0.25) is 17.6 Å². The Hall–Kier alpha value is -3.16. The summed E-state index contributed by atoms with van der Waals surface area (Å²) >= 11 is 0. The highest BCUT2D eigenvalue weighted by Crippen LogP contribution is 2.41. The minimum absolute atomic E-state index is 0.0283. The van der Waals surface area contributed by atoms with Gasteiger partial charge in [-0.25, -0.2) is 0 Å². The Bertz CT molecular complexity index is 1110. The van der Waals surface area contributed by atoms with E-state index in [0.29, 0.717) is 6.54 Å². The maximum absolute atomic E-state index is 13.0. The van der Waals surface area contributed by atoms with Crippen molar-refractivity contribution in [1.82, 2.24) is 15.0 Å². The zero-order chi connectivity index (χ0) is 20.9. The average Bonchev–Trinajstić information content (AvgIpc) is 3.45. The molecule has 0 saturated carbocycles. The lowest BCUT2D eigenvalue weighted by Gasteiger charge is -2.25. The van der Waals surface area contributed by atoms with Crippen LogP contribution in [-0.2, 0) is 17.4 Å². The van der Waals surface area contributed by atoms with E-state index in [9.17, 15) is 18.0 Å². The first kappa shape index (κ1) is 18.8. The van der Waals surface area contributed by atoms with Gasteiger partial charge in [-0.2, -0.15) is 18.2 Å². The maximum atomic E-state index is 13.0. The minimum Gasteiger partial charge on any atom is -0.339 e. The van der Waals surface area contributed by atoms with Crippen molar-refractivity contribution in [2.45, 2.75) is 37.4 Å². The number of aromatic nitrogens is 2. The van der Waals surface area contributed by atoms with Crippen LogP contribution in [0.2, 0.25) is 0 Å². The number of nitrogens with zero attached hydrogens (tertiary/aromatic N) is 3. The number of alkyl halides is 3. The molecule has 1 aliphatic heterocycles. The molecule has 2 heterocycles. The molecular formula is C22H18F3N3O2. The fourth-order valence-corrected chi connectivity index (χ4v) is 4.41. The van der Waals surface area contributed by atoms with Gasteiger partial charge in [0.15, 0.2) is 0 Å². The van der Waals surface area contributed by atoms with Crippen molar-refractivity contribution in [3.05, 3.63) is 71.1 Å². The molecule has 0 bridgehead atoms. The second-order valence-electron chi connectivity index (χ2n) is 7.74. The number of carbonyl (C=O) groups excluding carboxylic acids is 1. The largest absolute Gasteiger partial charge is 0.416 e. The maximum Gasteiger partial charge on any atom is 0.416 e. The van der Waals surface area contributed by atoms with Crippen LogP contribution in [0, 0.1) is 0 Å². The number of likely N-dealkylation sites (tertiary alicyclic amines) is 1. The molecule has 2 aliphatic rings. The standard InChI is InChI=1S/C22H18F3N3O2/c23-22(24,25)16-6-3-5-14(10-16)20-26-21(30-27-20)15-11-19(29)28(12-15)18-9-8-13-4-1-2-7-17(13)18/h1-7,10,15,18H,8-9,11-12H2. The molecule has 1 aliphatic carbocycles. The van der Waals surface area contributed by atoms with Crippen molar-refractivity contribution < 1.29 is 22.5 Å². The molecule has 1 fully saturated rings. The summed E-state index contributed by atoms with van der Waals surface area (Å²) in [6, 6.07) is 13.0. The van der Waals surface area contributed by atoms with Crippen LogP contribution in [0.4, 0.5) is 13.2 Å². The van der Waals surface area contributed by atoms with Crippen LogP contribution in [-0.4, -0.2) is 27.5 Å². The summed E-state index contributed by atoms with van der Waals surface area (Å²) < 4.78 is 44.2. The first-order valence-corrected chi connectivity index (χ1v) is 9.78. The van der Waals surface area contributed by atoms with Gasteiger partial charge in [0.25, 0.3) is 0 Å². The van der Waals surface area contributed by atoms with E-state index in [2.05, 4.69) is 22.3 Å². The summed E-state index contributed by atoms with van der Waals surface area (Å²) in [4.78, 5) is 18.9. The summed E-state index contributed by atoms with van der Waals surface area (Å²) in [5.74, 6) is 0.135. The number of aryl methyl sites for hydroxylation is 1. The molecule has 3 aromatic rings. The summed E-state index contributed by atoms with van der Waals surface area (Å²) in [5.41, 5.74) is 1.91. The van der Waals surface area contributed by atoms with Crippen LogP contribution in [0.5, 0.6) is 0 Å². The molecule has 2 aromatic carbocycles. The highest BCUT2D eigenvalue weighted by molar-refractivity contribution is 5.80. The van der Waals surface area contributed by atoms with E-state index in [1.807, 2.05) is 17.0 Å². The van der Waals surface area contributed by atoms with Gasteiger partial charge >= 0.3 is 6.18 Å². The Morgan fingerprint density at radius 1 is 1.10 bits per heavy atom. The third-order valence-corrected chi connectivity index (χ3v) is 5.87. The van der Waals surface area contributed by atoms with Gasteiger partial charge < -0.3 is 9.42 Å². The smallest absolute Gasteiger partial charge is 0.339 e. The number of fused-ring (bicyclic) bond motifs is 1. The second kappa shape index (κ2) is 6.97. The van der Waals surface area contributed by atoms with Gasteiger partial charge in [0, 0.05) is 18.5 Å². The fraction of sp³-hybridized carbons (Fsp3) is 0.318. The molecule has 0 radical (unpaired) electrons. The second-order valence-corrected chi connectivity index (χ2v) is 7.74. The monoisotopic (exact) mass is 413 g/mol. The molecule has 0 N–H and O–H groups in total. The molecule has 1 saturated heterocycles. The number of hydrogen-bond acceptors (Lipinski definition) is 4. The first-order valence-electron chi connectivity index (χ1n) is 9.78. The molecule has 30 heavy (non-hydrogen) atoms. The van der Waals surface area contributed by atoms with Crippen molar-refractivity contribution in [2.24, 2.45) is 0 Å². The SMILES string of the molecule is O=C1CC(c2nc(-c3cccc(C(F)(F)F)c3)no2)CN1C1CCc2ccccc21. The Labute approximate surface area is 170 Å². The van der Waals surface area contributed by atoms with Crippen LogP contribution >= 0.6 is 0 Å². The van der Waals surface area contributed by atoms with E-state index in [1.54, 1.807) is 0 Å². The van der Waals surface area contributed by atoms with Gasteiger partial charge in [-0.3, -0.25) is 4.79 Å². The topological polar surface area (TPSA) is 59.2 Å². The Kier molecular flexibility index (Phi) is 4.38. The van der Waals surface area contributed by atoms with E-state index in [4.69, 9.17) is 4.52 Å². The Morgan fingerprint density at radius 3 is 2.77 bits per heavy atom. The van der Waals surface area contributed by atoms with Gasteiger partial charge in [-0.1, -0.05) is 41.6 Å². The average molecular weight is 413 g/mol. The van der Waals surface area contributed by atoms with Crippen molar-refractivity contribution in [1.29, 1.82) is 0 Å². The quantitative estimate of drug-likeness (QED) is 0.621. The zero-order valence-electron chi connectivity index (χ0n) is 15.9. The molecule has 0 spiro atoms. The van der Waals surface area contributed by atoms with Crippen LogP contribution in [0.3, 0.4) is 0 Å². The van der Waals surface area contributed by atoms with Gasteiger partial charge in [0.1, 0.15) is 0 Å². The number of carbonyl (C=O) groups is 1. The van der Waals surface area contributed by atoms with E-state index in [1.165, 1.54) is 23.3 Å². The van der Waals surface area contributed by atoms with E-state index in [0.717, 1.165) is 25.0 Å². The molecule has 8 heteroatoms. The van der Waals surface area contributed by atoms with E-state index in [-0.39, 0.29) is 41.6 Å². The number of amides is 1. The molecule has 1 aromatic heterocycles. The normalized spacial score (nSPS) is 21.3. The number of rotatable bonds is 3. The van der Waals surface area contributed by atoms with Crippen LogP contribution in [0.15, 0.2) is 53.1 Å². The van der Waals surface area contributed by atoms with E-state index >= 15 is 0 Å². The van der Waals surface area contributed by atoms with Gasteiger partial charge in [-0.05, 0) is 36.1 Å². The molecule has 154 valence electrons. The molecule has 5 nitrogen and oxygen atoms in total. The highest BCUT2D eigenvalue weighted by atomic mass is 19.4.